The molecule has 0 aliphatic rings. The number of hydrogen-bond acceptors (Lipinski definition) is 6. The highest BCUT2D eigenvalue weighted by Crippen LogP contribution is 2.18. The first-order valence-corrected chi connectivity index (χ1v) is 11.3. The van der Waals surface area contributed by atoms with Crippen molar-refractivity contribution < 1.29 is 23.8 Å². The first-order chi connectivity index (χ1) is 16.5. The highest BCUT2D eigenvalue weighted by molar-refractivity contribution is 5.92. The molecule has 176 valence electrons. The quantitative estimate of drug-likeness (QED) is 0.203. The number of carbonyl (C=O) groups excluding carboxylic acids is 2. The highest BCUT2D eigenvalue weighted by atomic mass is 16.5. The molecule has 3 rings (SSSR count). The van der Waals surface area contributed by atoms with E-state index in [4.69, 9.17) is 14.2 Å². The average molecular weight is 460 g/mol. The molecule has 0 heterocycles. The third kappa shape index (κ3) is 7.30. The molecule has 1 unspecified atom stereocenters. The summed E-state index contributed by atoms with van der Waals surface area (Å²) in [5.41, 5.74) is 2.47. The fraction of sp³-hybridized carbons (Fsp3) is 0.250. The molecule has 0 N–H and O–H groups in total. The summed E-state index contributed by atoms with van der Waals surface area (Å²) >= 11 is 0. The van der Waals surface area contributed by atoms with Crippen LogP contribution in [0.5, 0.6) is 11.5 Å². The number of ether oxygens (including phenoxy) is 3. The molecule has 0 radical (unpaired) electrons. The van der Waals surface area contributed by atoms with Crippen LogP contribution >= 0.6 is 0 Å². The molecule has 1 atom stereocenters. The third-order valence-electron chi connectivity index (χ3n) is 5.16. The van der Waals surface area contributed by atoms with Crippen molar-refractivity contribution in [3.05, 3.63) is 89.5 Å². The number of nitrogens with zero attached hydrogens (tertiary/aromatic N) is 1. The SMILES string of the molecule is CCCC(C)COC(=O)c1ccc(OC(=O)c2ccc(N=Cc3ccc(OC)cc3)cc2)cc1. The molecule has 0 bridgehead atoms. The van der Waals surface area contributed by atoms with Gasteiger partial charge in [0, 0.05) is 6.21 Å². The topological polar surface area (TPSA) is 74.2 Å². The Morgan fingerprint density at radius 2 is 1.44 bits per heavy atom. The Balaban J connectivity index is 1.53. The monoisotopic (exact) mass is 459 g/mol. The van der Waals surface area contributed by atoms with Gasteiger partial charge in [-0.3, -0.25) is 4.99 Å². The van der Waals surface area contributed by atoms with Gasteiger partial charge in [-0.1, -0.05) is 20.3 Å². The van der Waals surface area contributed by atoms with Crippen LogP contribution in [0.2, 0.25) is 0 Å². The van der Waals surface area contributed by atoms with Crippen molar-refractivity contribution in [3.63, 3.8) is 0 Å². The number of methoxy groups -OCH3 is 1. The summed E-state index contributed by atoms with van der Waals surface area (Å²) in [7, 11) is 1.62. The van der Waals surface area contributed by atoms with Crippen molar-refractivity contribution in [2.24, 2.45) is 10.9 Å². The van der Waals surface area contributed by atoms with Gasteiger partial charge in [-0.25, -0.2) is 9.59 Å². The Labute approximate surface area is 200 Å². The van der Waals surface area contributed by atoms with E-state index < -0.39 is 5.97 Å². The predicted octanol–water partition coefficient (Wildman–Crippen LogP) is 6.26. The minimum atomic E-state index is -0.491. The Morgan fingerprint density at radius 3 is 2.06 bits per heavy atom. The van der Waals surface area contributed by atoms with E-state index in [0.29, 0.717) is 35.1 Å². The Kier molecular flexibility index (Phi) is 8.97. The second-order valence-electron chi connectivity index (χ2n) is 7.98. The molecule has 0 fully saturated rings. The van der Waals surface area contributed by atoms with Crippen LogP contribution in [0.1, 0.15) is 53.0 Å². The van der Waals surface area contributed by atoms with Gasteiger partial charge in [0.05, 0.1) is 30.5 Å². The lowest BCUT2D eigenvalue weighted by Crippen LogP contribution is -2.12. The second kappa shape index (κ2) is 12.3. The van der Waals surface area contributed by atoms with Crippen LogP contribution in [0.25, 0.3) is 0 Å². The zero-order chi connectivity index (χ0) is 24.3. The molecule has 0 aliphatic heterocycles. The summed E-state index contributed by atoms with van der Waals surface area (Å²) in [4.78, 5) is 29.0. The van der Waals surface area contributed by atoms with Crippen LogP contribution in [0.15, 0.2) is 77.8 Å². The zero-order valence-electron chi connectivity index (χ0n) is 19.7. The Morgan fingerprint density at radius 1 is 0.853 bits per heavy atom. The molecule has 0 aromatic heterocycles. The highest BCUT2D eigenvalue weighted by Gasteiger charge is 2.12. The van der Waals surface area contributed by atoms with E-state index in [0.717, 1.165) is 24.2 Å². The molecule has 34 heavy (non-hydrogen) atoms. The Bertz CT molecular complexity index is 1100. The van der Waals surface area contributed by atoms with Crippen molar-refractivity contribution in [2.45, 2.75) is 26.7 Å². The summed E-state index contributed by atoms with van der Waals surface area (Å²) < 4.78 is 15.9. The van der Waals surface area contributed by atoms with Crippen LogP contribution in [-0.2, 0) is 4.74 Å². The molecule has 0 aliphatic carbocycles. The summed E-state index contributed by atoms with van der Waals surface area (Å²) in [6.45, 7) is 4.55. The molecular weight excluding hydrogens is 430 g/mol. The number of rotatable bonds is 10. The summed E-state index contributed by atoms with van der Waals surface area (Å²) in [5, 5.41) is 0. The minimum Gasteiger partial charge on any atom is -0.497 e. The molecule has 0 saturated heterocycles. The van der Waals surface area contributed by atoms with E-state index in [-0.39, 0.29) is 5.97 Å². The summed E-state index contributed by atoms with van der Waals surface area (Å²) in [6.07, 6.45) is 3.81. The predicted molar refractivity (Wildman–Crippen MR) is 132 cm³/mol. The number of benzene rings is 3. The van der Waals surface area contributed by atoms with Crippen molar-refractivity contribution in [3.8, 4) is 11.5 Å². The maximum Gasteiger partial charge on any atom is 0.343 e. The molecule has 6 heteroatoms. The van der Waals surface area contributed by atoms with E-state index in [2.05, 4.69) is 18.8 Å². The van der Waals surface area contributed by atoms with Gasteiger partial charge < -0.3 is 14.2 Å². The van der Waals surface area contributed by atoms with Gasteiger partial charge in [0.2, 0.25) is 0 Å². The molecule has 0 spiro atoms. The third-order valence-corrected chi connectivity index (χ3v) is 5.16. The van der Waals surface area contributed by atoms with E-state index in [1.54, 1.807) is 61.9 Å². The molecule has 0 amide bonds. The van der Waals surface area contributed by atoms with Crippen LogP contribution in [0, 0.1) is 5.92 Å². The van der Waals surface area contributed by atoms with E-state index in [9.17, 15) is 9.59 Å². The smallest absolute Gasteiger partial charge is 0.343 e. The number of aliphatic imine (C=N–C) groups is 1. The number of esters is 2. The maximum atomic E-state index is 12.5. The van der Waals surface area contributed by atoms with Crippen LogP contribution in [0.3, 0.4) is 0 Å². The van der Waals surface area contributed by atoms with Crippen molar-refractivity contribution in [1.29, 1.82) is 0 Å². The zero-order valence-corrected chi connectivity index (χ0v) is 19.7. The normalized spacial score (nSPS) is 11.7. The minimum absolute atomic E-state index is 0.328. The molecule has 3 aromatic carbocycles. The second-order valence-corrected chi connectivity index (χ2v) is 7.98. The van der Waals surface area contributed by atoms with Crippen LogP contribution < -0.4 is 9.47 Å². The summed E-state index contributed by atoms with van der Waals surface area (Å²) in [6, 6.07) is 20.7. The average Bonchev–Trinajstić information content (AvgIpc) is 2.87. The van der Waals surface area contributed by atoms with Crippen molar-refractivity contribution >= 4 is 23.8 Å². The van der Waals surface area contributed by atoms with E-state index >= 15 is 0 Å². The largest absolute Gasteiger partial charge is 0.497 e. The standard InChI is InChI=1S/C28H29NO5/c1-4-5-20(2)19-33-27(30)22-10-16-26(17-11-22)34-28(31)23-8-12-24(13-9-23)29-18-21-6-14-25(32-3)15-7-21/h6-18,20H,4-5,19H2,1-3H3. The van der Waals surface area contributed by atoms with Crippen molar-refractivity contribution in [2.75, 3.05) is 13.7 Å². The molecule has 6 nitrogen and oxygen atoms in total. The van der Waals surface area contributed by atoms with Gasteiger partial charge in [-0.2, -0.15) is 0 Å². The van der Waals surface area contributed by atoms with Crippen LogP contribution in [0.4, 0.5) is 5.69 Å². The van der Waals surface area contributed by atoms with Gasteiger partial charge in [0.15, 0.2) is 0 Å². The molecular formula is C28H29NO5. The van der Waals surface area contributed by atoms with Gasteiger partial charge in [-0.15, -0.1) is 0 Å². The fourth-order valence-corrected chi connectivity index (χ4v) is 3.23. The van der Waals surface area contributed by atoms with E-state index in [1.165, 1.54) is 0 Å². The fourth-order valence-electron chi connectivity index (χ4n) is 3.23. The lowest BCUT2D eigenvalue weighted by atomic mass is 10.1. The van der Waals surface area contributed by atoms with Crippen molar-refractivity contribution in [1.82, 2.24) is 0 Å². The first-order valence-electron chi connectivity index (χ1n) is 11.3. The number of carbonyl (C=O) groups is 2. The lowest BCUT2D eigenvalue weighted by molar-refractivity contribution is 0.0443. The molecule has 0 saturated carbocycles. The van der Waals surface area contributed by atoms with E-state index in [1.807, 2.05) is 24.3 Å². The van der Waals surface area contributed by atoms with Gasteiger partial charge in [0.1, 0.15) is 11.5 Å². The summed E-state index contributed by atoms with van der Waals surface area (Å²) in [5.74, 6) is 0.587. The van der Waals surface area contributed by atoms with Gasteiger partial charge in [0.25, 0.3) is 0 Å². The van der Waals surface area contributed by atoms with Crippen LogP contribution in [-0.4, -0.2) is 31.9 Å². The number of hydrogen-bond donors (Lipinski definition) is 0. The first kappa shape index (κ1) is 24.7. The Hall–Kier alpha value is -3.93. The molecule has 3 aromatic rings. The maximum absolute atomic E-state index is 12.5. The van der Waals surface area contributed by atoms with Gasteiger partial charge in [-0.05, 0) is 90.7 Å². The van der Waals surface area contributed by atoms with Gasteiger partial charge >= 0.3 is 11.9 Å². The lowest BCUT2D eigenvalue weighted by Gasteiger charge is -2.11.